The molecular formula is C23H20F8O2. The summed E-state index contributed by atoms with van der Waals surface area (Å²) < 4.78 is 117. The summed E-state index contributed by atoms with van der Waals surface area (Å²) in [5.74, 6) is -2.91. The van der Waals surface area contributed by atoms with Crippen LogP contribution < -0.4 is 0 Å². The van der Waals surface area contributed by atoms with E-state index in [0.717, 1.165) is 12.1 Å². The van der Waals surface area contributed by atoms with Crippen LogP contribution in [-0.2, 0) is 28.2 Å². The van der Waals surface area contributed by atoms with Crippen LogP contribution in [0.1, 0.15) is 34.6 Å². The third-order valence-electron chi connectivity index (χ3n) is 5.44. The van der Waals surface area contributed by atoms with E-state index in [4.69, 9.17) is 9.47 Å². The first-order chi connectivity index (χ1) is 15.4. The van der Waals surface area contributed by atoms with Gasteiger partial charge in [0, 0.05) is 5.92 Å². The van der Waals surface area contributed by atoms with Gasteiger partial charge in [-0.1, -0.05) is 12.1 Å². The highest BCUT2D eigenvalue weighted by molar-refractivity contribution is 5.34. The minimum atomic E-state index is -4.95. The Labute approximate surface area is 184 Å². The Balaban J connectivity index is 1.79. The zero-order valence-electron chi connectivity index (χ0n) is 17.1. The number of benzene rings is 2. The molecule has 2 aromatic rings. The molecule has 1 aliphatic rings. The second kappa shape index (κ2) is 9.80. The maximum atomic E-state index is 13.8. The quantitative estimate of drug-likeness (QED) is 0.331. The summed E-state index contributed by atoms with van der Waals surface area (Å²) in [7, 11) is 0. The molecule has 0 bridgehead atoms. The van der Waals surface area contributed by atoms with Gasteiger partial charge < -0.3 is 9.47 Å². The molecule has 1 fully saturated rings. The van der Waals surface area contributed by atoms with E-state index in [1.807, 2.05) is 0 Å². The van der Waals surface area contributed by atoms with Gasteiger partial charge in [-0.2, -0.15) is 26.3 Å². The Morgan fingerprint density at radius 1 is 0.939 bits per heavy atom. The molecule has 1 heterocycles. The Hall–Kier alpha value is -2.46. The first-order valence-corrected chi connectivity index (χ1v) is 9.99. The number of halogens is 8. The molecule has 0 saturated carbocycles. The van der Waals surface area contributed by atoms with Crippen LogP contribution in [0.4, 0.5) is 35.1 Å². The average molecular weight is 480 g/mol. The van der Waals surface area contributed by atoms with Gasteiger partial charge in [0.2, 0.25) is 0 Å². The second-order valence-corrected chi connectivity index (χ2v) is 7.66. The molecular weight excluding hydrogens is 460 g/mol. The molecule has 3 rings (SSSR count). The molecule has 0 aliphatic carbocycles. The van der Waals surface area contributed by atoms with Crippen molar-refractivity contribution in [1.82, 2.24) is 0 Å². The van der Waals surface area contributed by atoms with E-state index < -0.39 is 47.3 Å². The van der Waals surface area contributed by atoms with Gasteiger partial charge in [-0.25, -0.2) is 8.78 Å². The molecule has 0 N–H and O–H groups in total. The Morgan fingerprint density at radius 2 is 1.58 bits per heavy atom. The predicted octanol–water partition coefficient (Wildman–Crippen LogP) is 6.89. The third-order valence-corrected chi connectivity index (χ3v) is 5.44. The molecule has 10 heteroatoms. The minimum absolute atomic E-state index is 0.0579. The van der Waals surface area contributed by atoms with E-state index in [2.05, 4.69) is 6.58 Å². The molecule has 0 spiro atoms. The predicted molar refractivity (Wildman–Crippen MR) is 103 cm³/mol. The third kappa shape index (κ3) is 6.11. The van der Waals surface area contributed by atoms with E-state index in [9.17, 15) is 35.1 Å². The highest BCUT2D eigenvalue weighted by Crippen LogP contribution is 2.39. The summed E-state index contributed by atoms with van der Waals surface area (Å²) in [6.45, 7) is 3.73. The SMILES string of the molecule is C=C[C@H]1CCO[C@H](OCCc2cc(C(F)(F)F)cc(C(F)(F)F)c2)[C@@H]1c1ccc(F)c(F)c1. The Morgan fingerprint density at radius 3 is 2.12 bits per heavy atom. The Bertz CT molecular complexity index is 951. The fourth-order valence-corrected chi connectivity index (χ4v) is 3.80. The first kappa shape index (κ1) is 25.2. The van der Waals surface area contributed by atoms with Crippen LogP contribution in [0.25, 0.3) is 0 Å². The molecule has 1 aliphatic heterocycles. The molecule has 0 amide bonds. The van der Waals surface area contributed by atoms with Gasteiger partial charge in [-0.15, -0.1) is 6.58 Å². The number of hydrogen-bond acceptors (Lipinski definition) is 2. The van der Waals surface area contributed by atoms with Gasteiger partial charge in [0.05, 0.1) is 24.3 Å². The number of rotatable bonds is 6. The van der Waals surface area contributed by atoms with E-state index in [1.165, 1.54) is 6.07 Å². The van der Waals surface area contributed by atoms with Crippen LogP contribution in [0.15, 0.2) is 49.1 Å². The van der Waals surface area contributed by atoms with Crippen molar-refractivity contribution in [2.24, 2.45) is 5.92 Å². The highest BCUT2D eigenvalue weighted by Gasteiger charge is 2.37. The second-order valence-electron chi connectivity index (χ2n) is 7.66. The molecule has 1 saturated heterocycles. The largest absolute Gasteiger partial charge is 0.416 e. The van der Waals surface area contributed by atoms with Crippen molar-refractivity contribution in [3.63, 3.8) is 0 Å². The van der Waals surface area contributed by atoms with Crippen LogP contribution in [0, 0.1) is 17.6 Å². The van der Waals surface area contributed by atoms with Gasteiger partial charge in [-0.05, 0) is 60.2 Å². The van der Waals surface area contributed by atoms with E-state index >= 15 is 0 Å². The molecule has 2 aromatic carbocycles. The lowest BCUT2D eigenvalue weighted by Crippen LogP contribution is -2.36. The summed E-state index contributed by atoms with van der Waals surface area (Å²) in [4.78, 5) is 0. The summed E-state index contributed by atoms with van der Waals surface area (Å²) in [6, 6.07) is 4.66. The molecule has 3 atom stereocenters. The van der Waals surface area contributed by atoms with Crippen LogP contribution in [0.5, 0.6) is 0 Å². The van der Waals surface area contributed by atoms with Crippen molar-refractivity contribution < 1.29 is 44.6 Å². The molecule has 0 radical (unpaired) electrons. The zero-order chi connectivity index (χ0) is 24.4. The zero-order valence-corrected chi connectivity index (χ0v) is 17.1. The van der Waals surface area contributed by atoms with Crippen LogP contribution in [-0.4, -0.2) is 19.5 Å². The van der Waals surface area contributed by atoms with Gasteiger partial charge in [-0.3, -0.25) is 0 Å². The summed E-state index contributed by atoms with van der Waals surface area (Å²) in [5.41, 5.74) is -2.65. The maximum absolute atomic E-state index is 13.8. The van der Waals surface area contributed by atoms with E-state index in [0.29, 0.717) is 24.1 Å². The smallest absolute Gasteiger partial charge is 0.352 e. The van der Waals surface area contributed by atoms with E-state index in [1.54, 1.807) is 6.08 Å². The highest BCUT2D eigenvalue weighted by atomic mass is 19.4. The topological polar surface area (TPSA) is 18.5 Å². The fourth-order valence-electron chi connectivity index (χ4n) is 3.80. The lowest BCUT2D eigenvalue weighted by Gasteiger charge is -2.37. The van der Waals surface area contributed by atoms with E-state index in [-0.39, 0.29) is 37.2 Å². The summed E-state index contributed by atoms with van der Waals surface area (Å²) >= 11 is 0. The van der Waals surface area contributed by atoms with Gasteiger partial charge in [0.1, 0.15) is 0 Å². The first-order valence-electron chi connectivity index (χ1n) is 9.99. The van der Waals surface area contributed by atoms with Crippen LogP contribution in [0.3, 0.4) is 0 Å². The number of ether oxygens (including phenoxy) is 2. The monoisotopic (exact) mass is 480 g/mol. The van der Waals surface area contributed by atoms with Gasteiger partial charge in [0.15, 0.2) is 17.9 Å². The van der Waals surface area contributed by atoms with Crippen molar-refractivity contribution in [3.05, 3.63) is 82.9 Å². The lowest BCUT2D eigenvalue weighted by molar-refractivity contribution is -0.182. The summed E-state index contributed by atoms with van der Waals surface area (Å²) in [5, 5.41) is 0. The van der Waals surface area contributed by atoms with Gasteiger partial charge >= 0.3 is 12.4 Å². The molecule has 0 unspecified atom stereocenters. The van der Waals surface area contributed by atoms with Crippen molar-refractivity contribution in [2.75, 3.05) is 13.2 Å². The number of alkyl halides is 6. The Kier molecular flexibility index (Phi) is 7.48. The minimum Gasteiger partial charge on any atom is -0.352 e. The normalized spacial score (nSPS) is 21.8. The van der Waals surface area contributed by atoms with Crippen molar-refractivity contribution in [3.8, 4) is 0 Å². The molecule has 33 heavy (non-hydrogen) atoms. The average Bonchev–Trinajstić information content (AvgIpc) is 2.74. The van der Waals surface area contributed by atoms with Crippen molar-refractivity contribution >= 4 is 0 Å². The summed E-state index contributed by atoms with van der Waals surface area (Å²) in [6.07, 6.45) is -8.98. The molecule has 180 valence electrons. The lowest BCUT2D eigenvalue weighted by atomic mass is 9.82. The molecule has 0 aromatic heterocycles. The fraction of sp³-hybridized carbons (Fsp3) is 0.391. The van der Waals surface area contributed by atoms with Crippen LogP contribution >= 0.6 is 0 Å². The standard InChI is InChI=1S/C23H20F8O2/c1-2-14-6-8-33-21(20(14)15-3-4-18(24)19(25)11-15)32-7-5-13-9-16(22(26,27)28)12-17(10-13)23(29,30)31/h2-4,9-12,14,20-21H,1,5-8H2/t14-,20-,21-/m0/s1. The van der Waals surface area contributed by atoms with Crippen molar-refractivity contribution in [1.29, 1.82) is 0 Å². The number of allylic oxidation sites excluding steroid dienone is 1. The van der Waals surface area contributed by atoms with Crippen LogP contribution in [0.2, 0.25) is 0 Å². The maximum Gasteiger partial charge on any atom is 0.416 e. The molecule has 2 nitrogen and oxygen atoms in total. The van der Waals surface area contributed by atoms with Gasteiger partial charge in [0.25, 0.3) is 0 Å². The number of hydrogen-bond donors (Lipinski definition) is 0. The van der Waals surface area contributed by atoms with Crippen molar-refractivity contribution in [2.45, 2.75) is 37.4 Å².